The van der Waals surface area contributed by atoms with E-state index >= 15 is 0 Å². The second-order valence-corrected chi connectivity index (χ2v) is 7.90. The minimum atomic E-state index is -0.621. The normalized spacial score (nSPS) is 11.2. The third-order valence-electron chi connectivity index (χ3n) is 5.52. The summed E-state index contributed by atoms with van der Waals surface area (Å²) < 4.78 is 36.7. The molecule has 170 valence electrons. The molecule has 0 aliphatic heterocycles. The highest BCUT2D eigenvalue weighted by Crippen LogP contribution is 2.25. The summed E-state index contributed by atoms with van der Waals surface area (Å²) in [7, 11) is 0. The van der Waals surface area contributed by atoms with Crippen molar-refractivity contribution in [3.63, 3.8) is 0 Å². The molecule has 5 rings (SSSR count). The molecule has 3 heterocycles. The van der Waals surface area contributed by atoms with Crippen LogP contribution in [-0.2, 0) is 6.61 Å². The quantitative estimate of drug-likeness (QED) is 0.371. The van der Waals surface area contributed by atoms with Crippen LogP contribution in [0, 0.1) is 25.5 Å². The average molecular weight is 458 g/mol. The number of ether oxygens (including phenoxy) is 1. The van der Waals surface area contributed by atoms with Crippen LogP contribution in [0.15, 0.2) is 77.7 Å². The van der Waals surface area contributed by atoms with E-state index in [-0.39, 0.29) is 16.8 Å². The molecule has 34 heavy (non-hydrogen) atoms. The van der Waals surface area contributed by atoms with Gasteiger partial charge < -0.3 is 4.74 Å². The standard InChI is InChI=1S/C26H20F2N4O2/c1-16-13-21(30-32(16)22-14-19(27)10-11-20(22)28)24-17(2)29-25-23(9-6-12-31(25)26(24)33)34-15-18-7-4-3-5-8-18/h3-14H,15H2,1-2H3. The van der Waals surface area contributed by atoms with E-state index in [0.29, 0.717) is 35.1 Å². The van der Waals surface area contributed by atoms with Gasteiger partial charge in [0.05, 0.1) is 11.3 Å². The van der Waals surface area contributed by atoms with Crippen LogP contribution >= 0.6 is 0 Å². The van der Waals surface area contributed by atoms with E-state index < -0.39 is 11.6 Å². The molecular weight excluding hydrogens is 438 g/mol. The molecule has 0 saturated heterocycles. The zero-order valence-electron chi connectivity index (χ0n) is 18.5. The van der Waals surface area contributed by atoms with Gasteiger partial charge in [0.15, 0.2) is 11.4 Å². The van der Waals surface area contributed by atoms with Crippen molar-refractivity contribution >= 4 is 5.65 Å². The lowest BCUT2D eigenvalue weighted by atomic mass is 10.1. The number of aromatic nitrogens is 4. The zero-order chi connectivity index (χ0) is 23.8. The molecule has 3 aromatic heterocycles. The van der Waals surface area contributed by atoms with E-state index in [1.165, 1.54) is 9.08 Å². The Balaban J connectivity index is 1.58. The number of nitrogens with zero attached hydrogens (tertiary/aromatic N) is 4. The summed E-state index contributed by atoms with van der Waals surface area (Å²) in [6.07, 6.45) is 1.61. The predicted octanol–water partition coefficient (Wildman–Crippen LogP) is 5.02. The first-order valence-electron chi connectivity index (χ1n) is 10.6. The summed E-state index contributed by atoms with van der Waals surface area (Å²) >= 11 is 0. The third kappa shape index (κ3) is 3.83. The van der Waals surface area contributed by atoms with Gasteiger partial charge in [0.1, 0.15) is 29.6 Å². The monoisotopic (exact) mass is 458 g/mol. The lowest BCUT2D eigenvalue weighted by Gasteiger charge is -2.11. The van der Waals surface area contributed by atoms with Crippen molar-refractivity contribution in [1.29, 1.82) is 0 Å². The summed E-state index contributed by atoms with van der Waals surface area (Å²) in [4.78, 5) is 18.1. The maximum absolute atomic E-state index is 14.3. The first-order chi connectivity index (χ1) is 16.4. The van der Waals surface area contributed by atoms with Crippen LogP contribution in [0.1, 0.15) is 17.0 Å². The average Bonchev–Trinajstić information content (AvgIpc) is 3.20. The second-order valence-electron chi connectivity index (χ2n) is 7.90. The highest BCUT2D eigenvalue weighted by atomic mass is 19.1. The van der Waals surface area contributed by atoms with Gasteiger partial charge in [0.25, 0.3) is 5.56 Å². The van der Waals surface area contributed by atoms with Crippen LogP contribution in [0.3, 0.4) is 0 Å². The minimum Gasteiger partial charge on any atom is -0.485 e. The van der Waals surface area contributed by atoms with Crippen LogP contribution in [0.5, 0.6) is 5.75 Å². The van der Waals surface area contributed by atoms with Crippen LogP contribution in [0.25, 0.3) is 22.6 Å². The number of hydrogen-bond acceptors (Lipinski definition) is 4. The Morgan fingerprint density at radius 3 is 2.56 bits per heavy atom. The van der Waals surface area contributed by atoms with Crippen molar-refractivity contribution in [2.45, 2.75) is 20.5 Å². The Morgan fingerprint density at radius 1 is 0.971 bits per heavy atom. The van der Waals surface area contributed by atoms with E-state index in [9.17, 15) is 13.6 Å². The number of fused-ring (bicyclic) bond motifs is 1. The van der Waals surface area contributed by atoms with Crippen molar-refractivity contribution in [1.82, 2.24) is 19.2 Å². The van der Waals surface area contributed by atoms with Gasteiger partial charge in [-0.1, -0.05) is 30.3 Å². The highest BCUT2D eigenvalue weighted by Gasteiger charge is 2.19. The SMILES string of the molecule is Cc1nc2c(OCc3ccccc3)cccn2c(=O)c1-c1cc(C)n(-c2cc(F)ccc2F)n1. The molecule has 0 bridgehead atoms. The van der Waals surface area contributed by atoms with Gasteiger partial charge in [-0.25, -0.2) is 18.4 Å². The van der Waals surface area contributed by atoms with Crippen LogP contribution in [0.4, 0.5) is 8.78 Å². The molecule has 6 nitrogen and oxygen atoms in total. The third-order valence-corrected chi connectivity index (χ3v) is 5.52. The molecule has 0 radical (unpaired) electrons. The lowest BCUT2D eigenvalue weighted by molar-refractivity contribution is 0.308. The fraction of sp³-hybridized carbons (Fsp3) is 0.115. The number of benzene rings is 2. The number of halogens is 2. The molecule has 0 spiro atoms. The van der Waals surface area contributed by atoms with Gasteiger partial charge in [0.2, 0.25) is 0 Å². The molecule has 0 N–H and O–H groups in total. The van der Waals surface area contributed by atoms with Gasteiger partial charge in [-0.3, -0.25) is 9.20 Å². The van der Waals surface area contributed by atoms with Crippen molar-refractivity contribution in [3.8, 4) is 22.7 Å². The maximum Gasteiger partial charge on any atom is 0.267 e. The first-order valence-corrected chi connectivity index (χ1v) is 10.6. The molecule has 0 aliphatic carbocycles. The van der Waals surface area contributed by atoms with E-state index in [1.807, 2.05) is 30.3 Å². The van der Waals surface area contributed by atoms with Crippen LogP contribution in [0.2, 0.25) is 0 Å². The molecule has 0 saturated carbocycles. The minimum absolute atomic E-state index is 0.0353. The van der Waals surface area contributed by atoms with Gasteiger partial charge in [-0.05, 0) is 49.7 Å². The molecule has 0 amide bonds. The Bertz CT molecular complexity index is 1580. The van der Waals surface area contributed by atoms with Crippen LogP contribution in [-0.4, -0.2) is 19.2 Å². The van der Waals surface area contributed by atoms with E-state index in [0.717, 1.165) is 23.8 Å². The van der Waals surface area contributed by atoms with Crippen LogP contribution < -0.4 is 10.3 Å². The number of rotatable bonds is 5. The molecule has 0 fully saturated rings. The Kier molecular flexibility index (Phi) is 5.41. The predicted molar refractivity (Wildman–Crippen MR) is 124 cm³/mol. The summed E-state index contributed by atoms with van der Waals surface area (Å²) in [6.45, 7) is 3.75. The second kappa shape index (κ2) is 8.55. The summed E-state index contributed by atoms with van der Waals surface area (Å²) in [5.41, 5.74) is 2.60. The van der Waals surface area contributed by atoms with E-state index in [2.05, 4.69) is 10.1 Å². The van der Waals surface area contributed by atoms with E-state index in [1.54, 1.807) is 38.2 Å². The lowest BCUT2D eigenvalue weighted by Crippen LogP contribution is -2.19. The van der Waals surface area contributed by atoms with Gasteiger partial charge in [0, 0.05) is 18.0 Å². The Labute approximate surface area is 193 Å². The summed E-state index contributed by atoms with van der Waals surface area (Å²) in [6, 6.07) is 18.0. The number of hydrogen-bond donors (Lipinski definition) is 0. The topological polar surface area (TPSA) is 61.4 Å². The summed E-state index contributed by atoms with van der Waals surface area (Å²) in [5.74, 6) is -0.731. The summed E-state index contributed by atoms with van der Waals surface area (Å²) in [5, 5.41) is 4.40. The van der Waals surface area contributed by atoms with Crippen molar-refractivity contribution < 1.29 is 13.5 Å². The number of aryl methyl sites for hydroxylation is 2. The molecule has 2 aromatic carbocycles. The molecule has 0 atom stereocenters. The molecule has 8 heteroatoms. The largest absolute Gasteiger partial charge is 0.485 e. The van der Waals surface area contributed by atoms with E-state index in [4.69, 9.17) is 4.74 Å². The molecular formula is C26H20F2N4O2. The fourth-order valence-corrected chi connectivity index (χ4v) is 3.87. The van der Waals surface area contributed by atoms with Gasteiger partial charge >= 0.3 is 0 Å². The zero-order valence-corrected chi connectivity index (χ0v) is 18.5. The van der Waals surface area contributed by atoms with Crippen molar-refractivity contribution in [3.05, 3.63) is 112 Å². The molecule has 0 aliphatic rings. The Hall–Kier alpha value is -4.33. The van der Waals surface area contributed by atoms with Crippen molar-refractivity contribution in [2.75, 3.05) is 0 Å². The highest BCUT2D eigenvalue weighted by molar-refractivity contribution is 5.65. The molecule has 5 aromatic rings. The molecule has 0 unspecified atom stereocenters. The first kappa shape index (κ1) is 21.5. The fourth-order valence-electron chi connectivity index (χ4n) is 3.87. The van der Waals surface area contributed by atoms with Gasteiger partial charge in [-0.2, -0.15) is 5.10 Å². The Morgan fingerprint density at radius 2 is 1.76 bits per heavy atom. The smallest absolute Gasteiger partial charge is 0.267 e. The number of pyridine rings is 1. The van der Waals surface area contributed by atoms with Gasteiger partial charge in [-0.15, -0.1) is 0 Å². The van der Waals surface area contributed by atoms with Crippen molar-refractivity contribution in [2.24, 2.45) is 0 Å². The maximum atomic E-state index is 14.3.